The highest BCUT2D eigenvalue weighted by atomic mass is 35.5. The molecule has 0 bridgehead atoms. The van der Waals surface area contributed by atoms with Crippen LogP contribution < -0.4 is 5.73 Å². The van der Waals surface area contributed by atoms with Crippen LogP contribution in [-0.4, -0.2) is 15.0 Å². The number of nitrogen functional groups attached to an aromatic ring is 1. The average molecular weight is 195 g/mol. The van der Waals surface area contributed by atoms with Crippen LogP contribution in [0, 0.1) is 6.92 Å². The van der Waals surface area contributed by atoms with Crippen molar-refractivity contribution in [1.29, 1.82) is 0 Å². The topological polar surface area (TPSA) is 64.7 Å². The Balaban J connectivity index is 2.92. The number of aryl methyl sites for hydroxylation is 1. The van der Waals surface area contributed by atoms with E-state index in [2.05, 4.69) is 15.0 Å². The Morgan fingerprint density at radius 2 is 2.08 bits per heavy atom. The molecule has 2 aromatic rings. The molecular formula is C8H7ClN4. The van der Waals surface area contributed by atoms with E-state index in [9.17, 15) is 0 Å². The fourth-order valence-corrected chi connectivity index (χ4v) is 1.32. The Bertz CT molecular complexity index is 469. The zero-order valence-electron chi connectivity index (χ0n) is 6.95. The first-order valence-corrected chi connectivity index (χ1v) is 4.09. The normalized spacial score (nSPS) is 10.6. The minimum Gasteiger partial charge on any atom is -0.368 e. The van der Waals surface area contributed by atoms with Crippen molar-refractivity contribution in [1.82, 2.24) is 15.0 Å². The van der Waals surface area contributed by atoms with Crippen LogP contribution in [0.15, 0.2) is 12.4 Å². The van der Waals surface area contributed by atoms with E-state index in [1.165, 1.54) is 0 Å². The summed E-state index contributed by atoms with van der Waals surface area (Å²) in [5, 5.41) is 1.14. The highest BCUT2D eigenvalue weighted by Gasteiger charge is 2.04. The molecule has 2 rings (SSSR count). The van der Waals surface area contributed by atoms with Crippen LogP contribution in [0.1, 0.15) is 5.56 Å². The summed E-state index contributed by atoms with van der Waals surface area (Å²) in [4.78, 5) is 11.9. The van der Waals surface area contributed by atoms with Gasteiger partial charge in [0.1, 0.15) is 5.15 Å². The number of aromatic nitrogens is 3. The van der Waals surface area contributed by atoms with Crippen molar-refractivity contribution in [2.45, 2.75) is 6.92 Å². The van der Waals surface area contributed by atoms with Gasteiger partial charge in [-0.1, -0.05) is 11.6 Å². The Morgan fingerprint density at radius 3 is 2.85 bits per heavy atom. The fourth-order valence-electron chi connectivity index (χ4n) is 1.13. The van der Waals surface area contributed by atoms with Gasteiger partial charge in [-0.2, -0.15) is 0 Å². The molecule has 5 heteroatoms. The van der Waals surface area contributed by atoms with Gasteiger partial charge in [-0.05, 0) is 12.5 Å². The third-order valence-corrected chi connectivity index (χ3v) is 2.08. The van der Waals surface area contributed by atoms with E-state index in [0.29, 0.717) is 5.15 Å². The molecule has 2 aromatic heterocycles. The molecule has 0 radical (unpaired) electrons. The van der Waals surface area contributed by atoms with E-state index in [1.807, 2.05) is 6.92 Å². The number of pyridine rings is 1. The molecule has 0 atom stereocenters. The van der Waals surface area contributed by atoms with Crippen molar-refractivity contribution in [2.24, 2.45) is 0 Å². The Kier molecular flexibility index (Phi) is 1.77. The van der Waals surface area contributed by atoms with Crippen molar-refractivity contribution < 1.29 is 0 Å². The summed E-state index contributed by atoms with van der Waals surface area (Å²) in [6, 6.07) is 0. The summed E-state index contributed by atoms with van der Waals surface area (Å²) in [6.07, 6.45) is 3.25. The van der Waals surface area contributed by atoms with E-state index < -0.39 is 0 Å². The molecule has 0 aliphatic heterocycles. The zero-order chi connectivity index (χ0) is 9.42. The fraction of sp³-hybridized carbons (Fsp3) is 0.125. The van der Waals surface area contributed by atoms with Gasteiger partial charge in [0, 0.05) is 12.4 Å². The molecule has 13 heavy (non-hydrogen) atoms. The van der Waals surface area contributed by atoms with Gasteiger partial charge in [-0.15, -0.1) is 0 Å². The number of nitrogens with zero attached hydrogens (tertiary/aromatic N) is 3. The Labute approximate surface area is 79.8 Å². The molecule has 0 aromatic carbocycles. The van der Waals surface area contributed by atoms with Crippen LogP contribution >= 0.6 is 11.6 Å². The molecule has 0 amide bonds. The third kappa shape index (κ3) is 1.29. The van der Waals surface area contributed by atoms with Crippen molar-refractivity contribution in [3.8, 4) is 0 Å². The summed E-state index contributed by atoms with van der Waals surface area (Å²) in [6.45, 7) is 1.90. The highest BCUT2D eigenvalue weighted by Crippen LogP contribution is 2.21. The van der Waals surface area contributed by atoms with Crippen LogP contribution in [0.2, 0.25) is 5.15 Å². The minimum atomic E-state index is 0.248. The molecule has 4 nitrogen and oxygen atoms in total. The number of rotatable bonds is 0. The number of nitrogens with two attached hydrogens (primary N) is 1. The number of fused-ring (bicyclic) bond motifs is 1. The van der Waals surface area contributed by atoms with Gasteiger partial charge in [-0.3, -0.25) is 0 Å². The maximum Gasteiger partial charge on any atom is 0.220 e. The summed E-state index contributed by atoms with van der Waals surface area (Å²) in [7, 11) is 0. The van der Waals surface area contributed by atoms with Crippen LogP contribution in [0.25, 0.3) is 10.9 Å². The lowest BCUT2D eigenvalue weighted by atomic mass is 10.2. The first-order valence-electron chi connectivity index (χ1n) is 3.72. The van der Waals surface area contributed by atoms with Crippen molar-refractivity contribution in [3.05, 3.63) is 23.1 Å². The van der Waals surface area contributed by atoms with Crippen LogP contribution in [0.5, 0.6) is 0 Å². The lowest BCUT2D eigenvalue weighted by Gasteiger charge is -2.01. The minimum absolute atomic E-state index is 0.248. The predicted molar refractivity (Wildman–Crippen MR) is 51.5 cm³/mol. The zero-order valence-corrected chi connectivity index (χ0v) is 7.71. The molecular weight excluding hydrogens is 188 g/mol. The van der Waals surface area contributed by atoms with Crippen molar-refractivity contribution in [3.63, 3.8) is 0 Å². The number of hydrogen-bond acceptors (Lipinski definition) is 4. The maximum atomic E-state index is 5.85. The first kappa shape index (κ1) is 8.19. The van der Waals surface area contributed by atoms with Crippen LogP contribution in [0.4, 0.5) is 5.95 Å². The molecule has 2 N–H and O–H groups in total. The average Bonchev–Trinajstić information content (AvgIpc) is 2.12. The summed E-state index contributed by atoms with van der Waals surface area (Å²) < 4.78 is 0. The van der Waals surface area contributed by atoms with Crippen LogP contribution in [0.3, 0.4) is 0 Å². The molecule has 0 unspecified atom stereocenters. The standard InChI is InChI=1S/C8H7ClN4/c1-4-2-11-7(9)5-3-12-8(10)13-6(4)5/h2-3H,1H3,(H2,10,12,13). The summed E-state index contributed by atoms with van der Waals surface area (Å²) >= 11 is 5.85. The lowest BCUT2D eigenvalue weighted by molar-refractivity contribution is 1.20. The molecule has 0 spiro atoms. The van der Waals surface area contributed by atoms with E-state index in [4.69, 9.17) is 17.3 Å². The molecule has 0 saturated heterocycles. The second kappa shape index (κ2) is 2.81. The monoisotopic (exact) mass is 194 g/mol. The first-order chi connectivity index (χ1) is 6.18. The second-order valence-corrected chi connectivity index (χ2v) is 3.08. The van der Waals surface area contributed by atoms with Gasteiger partial charge in [0.05, 0.1) is 10.9 Å². The second-order valence-electron chi connectivity index (χ2n) is 2.72. The van der Waals surface area contributed by atoms with Gasteiger partial charge >= 0.3 is 0 Å². The Morgan fingerprint density at radius 1 is 1.31 bits per heavy atom. The third-order valence-electron chi connectivity index (χ3n) is 1.77. The van der Waals surface area contributed by atoms with Crippen molar-refractivity contribution in [2.75, 3.05) is 5.73 Å². The Hall–Kier alpha value is -1.42. The van der Waals surface area contributed by atoms with Gasteiger partial charge < -0.3 is 5.73 Å². The van der Waals surface area contributed by atoms with E-state index in [1.54, 1.807) is 12.4 Å². The molecule has 2 heterocycles. The van der Waals surface area contributed by atoms with E-state index in [0.717, 1.165) is 16.5 Å². The van der Waals surface area contributed by atoms with Crippen molar-refractivity contribution >= 4 is 28.5 Å². The van der Waals surface area contributed by atoms with Gasteiger partial charge in [0.25, 0.3) is 0 Å². The molecule has 0 saturated carbocycles. The molecule has 0 aliphatic rings. The SMILES string of the molecule is Cc1cnc(Cl)c2cnc(N)nc12. The summed E-state index contributed by atoms with van der Waals surface area (Å²) in [5.41, 5.74) is 7.15. The summed E-state index contributed by atoms with van der Waals surface area (Å²) in [5.74, 6) is 0.248. The lowest BCUT2D eigenvalue weighted by Crippen LogP contribution is -1.96. The van der Waals surface area contributed by atoms with Crippen LogP contribution in [-0.2, 0) is 0 Å². The predicted octanol–water partition coefficient (Wildman–Crippen LogP) is 1.57. The van der Waals surface area contributed by atoms with Gasteiger partial charge in [-0.25, -0.2) is 15.0 Å². The maximum absolute atomic E-state index is 5.85. The number of halogens is 1. The highest BCUT2D eigenvalue weighted by molar-refractivity contribution is 6.34. The van der Waals surface area contributed by atoms with E-state index in [-0.39, 0.29) is 5.95 Å². The largest absolute Gasteiger partial charge is 0.368 e. The quantitative estimate of drug-likeness (QED) is 0.647. The smallest absolute Gasteiger partial charge is 0.220 e. The van der Waals surface area contributed by atoms with E-state index >= 15 is 0 Å². The number of anilines is 1. The van der Waals surface area contributed by atoms with Gasteiger partial charge in [0.2, 0.25) is 5.95 Å². The molecule has 0 fully saturated rings. The molecule has 0 aliphatic carbocycles. The molecule has 66 valence electrons. The number of hydrogen-bond donors (Lipinski definition) is 1. The van der Waals surface area contributed by atoms with Gasteiger partial charge in [0.15, 0.2) is 0 Å².